The van der Waals surface area contributed by atoms with E-state index < -0.39 is 5.97 Å². The van der Waals surface area contributed by atoms with Crippen molar-refractivity contribution in [2.45, 2.75) is 26.7 Å². The molecule has 0 spiro atoms. The zero-order valence-electron chi connectivity index (χ0n) is 9.56. The van der Waals surface area contributed by atoms with Crippen LogP contribution in [0.25, 0.3) is 11.7 Å². The summed E-state index contributed by atoms with van der Waals surface area (Å²) in [4.78, 5) is 15.1. The molecule has 2 rings (SSSR count). The van der Waals surface area contributed by atoms with Crippen LogP contribution in [0, 0.1) is 6.92 Å². The van der Waals surface area contributed by atoms with Crippen molar-refractivity contribution in [2.24, 2.45) is 0 Å². The Bertz CT molecular complexity index is 541. The maximum Gasteiger partial charge on any atom is 0.373 e. The van der Waals surface area contributed by atoms with Gasteiger partial charge in [-0.25, -0.2) is 9.78 Å². The summed E-state index contributed by atoms with van der Waals surface area (Å²) in [7, 11) is 0. The predicted octanol–water partition coefficient (Wildman–Crippen LogP) is 2.29. The Morgan fingerprint density at radius 1 is 1.53 bits per heavy atom. The number of rotatable bonds is 4. The van der Waals surface area contributed by atoms with Crippen LogP contribution in [-0.4, -0.2) is 21.2 Å². The second-order valence-electron chi connectivity index (χ2n) is 3.68. The van der Waals surface area contributed by atoms with E-state index in [1.54, 1.807) is 13.0 Å². The van der Waals surface area contributed by atoms with Gasteiger partial charge in [-0.15, -0.1) is 0 Å². The summed E-state index contributed by atoms with van der Waals surface area (Å²) in [6, 6.07) is 1.65. The summed E-state index contributed by atoms with van der Waals surface area (Å²) in [6.07, 6.45) is 1.35. The molecule has 0 aliphatic carbocycles. The third kappa shape index (κ3) is 2.20. The van der Waals surface area contributed by atoms with E-state index in [1.807, 2.05) is 6.92 Å². The Hall–Kier alpha value is -2.11. The average Bonchev–Trinajstić information content (AvgIpc) is 2.85. The lowest BCUT2D eigenvalue weighted by atomic mass is 10.2. The van der Waals surface area contributed by atoms with Crippen LogP contribution >= 0.6 is 0 Å². The fraction of sp³-hybridized carbons (Fsp3) is 0.364. The smallest absolute Gasteiger partial charge is 0.373 e. The number of aromatic nitrogens is 2. The molecule has 0 atom stereocenters. The number of carboxylic acid groups (broad SMARTS) is 1. The number of hydrogen-bond acceptors (Lipinski definition) is 5. The minimum Gasteiger partial charge on any atom is -0.475 e. The van der Waals surface area contributed by atoms with E-state index in [9.17, 15) is 4.79 Å². The topological polar surface area (TPSA) is 89.4 Å². The molecule has 2 aromatic rings. The Kier molecular flexibility index (Phi) is 2.95. The SMILES string of the molecule is CCCc1nc(-c2cc(C)no2)oc1C(=O)O. The van der Waals surface area contributed by atoms with Crippen molar-refractivity contribution in [1.29, 1.82) is 0 Å². The van der Waals surface area contributed by atoms with E-state index in [4.69, 9.17) is 14.0 Å². The molecule has 0 aromatic carbocycles. The normalized spacial score (nSPS) is 10.7. The number of aromatic carboxylic acids is 1. The number of hydrogen-bond donors (Lipinski definition) is 1. The van der Waals surface area contributed by atoms with Crippen molar-refractivity contribution < 1.29 is 18.8 Å². The molecule has 0 amide bonds. The number of oxazole rings is 1. The summed E-state index contributed by atoms with van der Waals surface area (Å²) >= 11 is 0. The monoisotopic (exact) mass is 236 g/mol. The first-order valence-electron chi connectivity index (χ1n) is 5.28. The fourth-order valence-electron chi connectivity index (χ4n) is 1.49. The Morgan fingerprint density at radius 3 is 2.82 bits per heavy atom. The number of carbonyl (C=O) groups is 1. The molecule has 0 bridgehead atoms. The summed E-state index contributed by atoms with van der Waals surface area (Å²) in [5, 5.41) is 12.7. The van der Waals surface area contributed by atoms with E-state index in [0.717, 1.165) is 6.42 Å². The second kappa shape index (κ2) is 4.40. The van der Waals surface area contributed by atoms with Crippen LogP contribution < -0.4 is 0 Å². The van der Waals surface area contributed by atoms with E-state index in [-0.39, 0.29) is 11.7 Å². The lowest BCUT2D eigenvalue weighted by Gasteiger charge is -1.91. The van der Waals surface area contributed by atoms with Gasteiger partial charge in [0.1, 0.15) is 0 Å². The molecule has 2 heterocycles. The van der Waals surface area contributed by atoms with E-state index in [0.29, 0.717) is 23.6 Å². The van der Waals surface area contributed by atoms with Crippen molar-refractivity contribution >= 4 is 5.97 Å². The van der Waals surface area contributed by atoms with Gasteiger partial charge in [-0.1, -0.05) is 18.5 Å². The molecule has 0 saturated carbocycles. The van der Waals surface area contributed by atoms with E-state index >= 15 is 0 Å². The Labute approximate surface area is 97.2 Å². The molecule has 0 fully saturated rings. The van der Waals surface area contributed by atoms with Crippen molar-refractivity contribution in [3.8, 4) is 11.7 Å². The van der Waals surface area contributed by atoms with E-state index in [1.165, 1.54) is 0 Å². The summed E-state index contributed by atoms with van der Waals surface area (Å²) in [5.74, 6) is -0.752. The highest BCUT2D eigenvalue weighted by molar-refractivity contribution is 5.86. The molecule has 1 N–H and O–H groups in total. The molecule has 0 unspecified atom stereocenters. The first kappa shape index (κ1) is 11.4. The zero-order chi connectivity index (χ0) is 12.4. The van der Waals surface area contributed by atoms with Gasteiger partial charge in [0, 0.05) is 6.07 Å². The lowest BCUT2D eigenvalue weighted by Crippen LogP contribution is -1.99. The van der Waals surface area contributed by atoms with Crippen LogP contribution in [-0.2, 0) is 6.42 Å². The lowest BCUT2D eigenvalue weighted by molar-refractivity contribution is 0.0661. The van der Waals surface area contributed by atoms with Gasteiger partial charge in [0.25, 0.3) is 5.89 Å². The van der Waals surface area contributed by atoms with Crippen molar-refractivity contribution in [2.75, 3.05) is 0 Å². The molecule has 0 saturated heterocycles. The number of aryl methyl sites for hydroxylation is 2. The zero-order valence-corrected chi connectivity index (χ0v) is 9.56. The predicted molar refractivity (Wildman–Crippen MR) is 57.7 cm³/mol. The highest BCUT2D eigenvalue weighted by atomic mass is 16.5. The third-order valence-corrected chi connectivity index (χ3v) is 2.22. The van der Waals surface area contributed by atoms with Crippen LogP contribution in [0.1, 0.15) is 35.3 Å². The average molecular weight is 236 g/mol. The molecule has 0 aliphatic heterocycles. The third-order valence-electron chi connectivity index (χ3n) is 2.22. The van der Waals surface area contributed by atoms with Crippen molar-refractivity contribution in [1.82, 2.24) is 10.1 Å². The molecular weight excluding hydrogens is 224 g/mol. The minimum absolute atomic E-state index is 0.129. The van der Waals surface area contributed by atoms with Crippen LogP contribution in [0.3, 0.4) is 0 Å². The van der Waals surface area contributed by atoms with Crippen LogP contribution in [0.15, 0.2) is 15.0 Å². The van der Waals surface area contributed by atoms with Gasteiger partial charge in [-0.2, -0.15) is 0 Å². The van der Waals surface area contributed by atoms with Crippen LogP contribution in [0.5, 0.6) is 0 Å². The molecule has 17 heavy (non-hydrogen) atoms. The second-order valence-corrected chi connectivity index (χ2v) is 3.68. The van der Waals surface area contributed by atoms with Gasteiger partial charge in [-0.3, -0.25) is 0 Å². The Morgan fingerprint density at radius 2 is 2.29 bits per heavy atom. The highest BCUT2D eigenvalue weighted by Gasteiger charge is 2.21. The molecule has 90 valence electrons. The largest absolute Gasteiger partial charge is 0.475 e. The minimum atomic E-state index is -1.12. The van der Waals surface area contributed by atoms with Gasteiger partial charge in [0.15, 0.2) is 0 Å². The molecule has 6 nitrogen and oxygen atoms in total. The van der Waals surface area contributed by atoms with Gasteiger partial charge < -0.3 is 14.0 Å². The fourth-order valence-corrected chi connectivity index (χ4v) is 1.49. The summed E-state index contributed by atoms with van der Waals surface area (Å²) in [6.45, 7) is 3.71. The van der Waals surface area contributed by atoms with Gasteiger partial charge in [-0.05, 0) is 13.3 Å². The summed E-state index contributed by atoms with van der Waals surface area (Å²) in [5.41, 5.74) is 1.12. The van der Waals surface area contributed by atoms with Crippen LogP contribution in [0.2, 0.25) is 0 Å². The quantitative estimate of drug-likeness (QED) is 0.875. The van der Waals surface area contributed by atoms with Gasteiger partial charge in [0.2, 0.25) is 11.5 Å². The number of carboxylic acids is 1. The van der Waals surface area contributed by atoms with Gasteiger partial charge in [0.05, 0.1) is 11.4 Å². The highest BCUT2D eigenvalue weighted by Crippen LogP contribution is 2.23. The Balaban J connectivity index is 2.43. The summed E-state index contributed by atoms with van der Waals surface area (Å²) < 4.78 is 10.2. The molecule has 0 aliphatic rings. The van der Waals surface area contributed by atoms with Crippen LogP contribution in [0.4, 0.5) is 0 Å². The molecule has 2 aromatic heterocycles. The van der Waals surface area contributed by atoms with Gasteiger partial charge >= 0.3 is 5.97 Å². The molecule has 0 radical (unpaired) electrons. The molecule has 6 heteroatoms. The van der Waals surface area contributed by atoms with E-state index in [2.05, 4.69) is 10.1 Å². The van der Waals surface area contributed by atoms with Crippen molar-refractivity contribution in [3.63, 3.8) is 0 Å². The maximum atomic E-state index is 11.0. The van der Waals surface area contributed by atoms with Crippen molar-refractivity contribution in [3.05, 3.63) is 23.2 Å². The standard InChI is InChI=1S/C11H12N2O4/c1-3-4-7-9(11(14)15)16-10(12-7)8-5-6(2)13-17-8/h5H,3-4H2,1-2H3,(H,14,15). The maximum absolute atomic E-state index is 11.0. The first-order chi connectivity index (χ1) is 8.11. The first-order valence-corrected chi connectivity index (χ1v) is 5.28. The number of nitrogens with zero attached hydrogens (tertiary/aromatic N) is 2. The molecular formula is C11H12N2O4.